The van der Waals surface area contributed by atoms with Gasteiger partial charge in [-0.2, -0.15) is 0 Å². The second kappa shape index (κ2) is 8.42. The van der Waals surface area contributed by atoms with Gasteiger partial charge in [-0.15, -0.1) is 11.8 Å². The summed E-state index contributed by atoms with van der Waals surface area (Å²) in [7, 11) is 2.70. The average Bonchev–Trinajstić information content (AvgIpc) is 2.69. The Morgan fingerprint density at radius 3 is 1.64 bits per heavy atom. The van der Waals surface area contributed by atoms with Crippen LogP contribution in [0.25, 0.3) is 0 Å². The summed E-state index contributed by atoms with van der Waals surface area (Å²) < 4.78 is 11.1. The molecule has 0 N–H and O–H groups in total. The Morgan fingerprint density at radius 2 is 1.20 bits per heavy atom. The SMILES string of the molecule is COc1cc(SC)c(P(c2ccccc2)c2ccccc2)cc1OC. The van der Waals surface area contributed by atoms with Crippen LogP contribution < -0.4 is 25.4 Å². The maximum atomic E-state index is 5.57. The lowest BCUT2D eigenvalue weighted by molar-refractivity contribution is 0.354. The lowest BCUT2D eigenvalue weighted by atomic mass is 10.3. The summed E-state index contributed by atoms with van der Waals surface area (Å²) in [5.74, 6) is 1.54. The highest BCUT2D eigenvalue weighted by Gasteiger charge is 2.22. The number of hydrogen-bond acceptors (Lipinski definition) is 3. The second-order valence-electron chi connectivity index (χ2n) is 5.39. The van der Waals surface area contributed by atoms with Gasteiger partial charge in [0.25, 0.3) is 0 Å². The molecule has 0 bridgehead atoms. The summed E-state index contributed by atoms with van der Waals surface area (Å²) in [5.41, 5.74) is 0. The Bertz CT molecular complexity index is 783. The molecule has 0 aliphatic carbocycles. The van der Waals surface area contributed by atoms with Crippen LogP contribution in [0.2, 0.25) is 0 Å². The van der Waals surface area contributed by atoms with Crippen molar-refractivity contribution in [3.63, 3.8) is 0 Å². The predicted molar refractivity (Wildman–Crippen MR) is 110 cm³/mol. The van der Waals surface area contributed by atoms with Gasteiger partial charge in [-0.25, -0.2) is 0 Å². The highest BCUT2D eigenvalue weighted by atomic mass is 32.2. The minimum absolute atomic E-state index is 0.668. The van der Waals surface area contributed by atoms with Crippen molar-refractivity contribution in [2.45, 2.75) is 4.90 Å². The Hall–Kier alpha value is -1.96. The van der Waals surface area contributed by atoms with Gasteiger partial charge in [0.1, 0.15) is 0 Å². The molecule has 3 aromatic carbocycles. The van der Waals surface area contributed by atoms with Gasteiger partial charge in [0.2, 0.25) is 0 Å². The zero-order valence-electron chi connectivity index (χ0n) is 14.6. The van der Waals surface area contributed by atoms with E-state index in [-0.39, 0.29) is 0 Å². The molecule has 0 aromatic heterocycles. The van der Waals surface area contributed by atoms with Crippen LogP contribution in [0.15, 0.2) is 77.7 Å². The van der Waals surface area contributed by atoms with Crippen LogP contribution in [0.5, 0.6) is 11.5 Å². The summed E-state index contributed by atoms with van der Waals surface area (Å²) in [5, 5.41) is 3.94. The largest absolute Gasteiger partial charge is 0.493 e. The van der Waals surface area contributed by atoms with E-state index < -0.39 is 7.92 Å². The minimum Gasteiger partial charge on any atom is -0.493 e. The van der Waals surface area contributed by atoms with E-state index in [0.29, 0.717) is 0 Å². The predicted octanol–water partition coefficient (Wildman–Crippen LogP) is 4.18. The number of hydrogen-bond donors (Lipinski definition) is 0. The van der Waals surface area contributed by atoms with Gasteiger partial charge in [0, 0.05) is 10.2 Å². The molecule has 3 rings (SSSR count). The van der Waals surface area contributed by atoms with Gasteiger partial charge >= 0.3 is 0 Å². The van der Waals surface area contributed by atoms with E-state index in [1.807, 2.05) is 0 Å². The van der Waals surface area contributed by atoms with Crippen molar-refractivity contribution in [2.75, 3.05) is 20.5 Å². The molecule has 25 heavy (non-hydrogen) atoms. The maximum Gasteiger partial charge on any atom is 0.161 e. The molecule has 0 radical (unpaired) electrons. The van der Waals surface area contributed by atoms with Gasteiger partial charge < -0.3 is 9.47 Å². The van der Waals surface area contributed by atoms with Crippen molar-refractivity contribution in [3.8, 4) is 11.5 Å². The summed E-state index contributed by atoms with van der Waals surface area (Å²) in [6.07, 6.45) is 2.11. The third kappa shape index (κ3) is 3.84. The van der Waals surface area contributed by atoms with Crippen LogP contribution in [0.4, 0.5) is 0 Å². The molecule has 0 saturated carbocycles. The van der Waals surface area contributed by atoms with Crippen LogP contribution >= 0.6 is 19.7 Å². The third-order valence-corrected chi connectivity index (χ3v) is 7.36. The Labute approximate surface area is 154 Å². The number of methoxy groups -OCH3 is 2. The van der Waals surface area contributed by atoms with Crippen molar-refractivity contribution in [1.82, 2.24) is 0 Å². The molecule has 128 valence electrons. The molecule has 0 amide bonds. The van der Waals surface area contributed by atoms with E-state index in [4.69, 9.17) is 9.47 Å². The first-order chi connectivity index (χ1) is 12.3. The van der Waals surface area contributed by atoms with Gasteiger partial charge in [-0.05, 0) is 36.9 Å². The molecule has 3 aromatic rings. The van der Waals surface area contributed by atoms with Crippen molar-refractivity contribution in [3.05, 3.63) is 72.8 Å². The quantitative estimate of drug-likeness (QED) is 0.480. The highest BCUT2D eigenvalue weighted by Crippen LogP contribution is 2.40. The average molecular weight is 368 g/mol. The third-order valence-electron chi connectivity index (χ3n) is 3.95. The van der Waals surface area contributed by atoms with E-state index in [9.17, 15) is 0 Å². The number of thioether (sulfide) groups is 1. The lowest BCUT2D eigenvalue weighted by Gasteiger charge is -2.23. The summed E-state index contributed by atoms with van der Waals surface area (Å²) in [6, 6.07) is 25.6. The fraction of sp³-hybridized carbons (Fsp3) is 0.143. The summed E-state index contributed by atoms with van der Waals surface area (Å²) in [4.78, 5) is 1.22. The molecule has 0 atom stereocenters. The van der Waals surface area contributed by atoms with E-state index >= 15 is 0 Å². The van der Waals surface area contributed by atoms with Crippen molar-refractivity contribution in [2.24, 2.45) is 0 Å². The van der Waals surface area contributed by atoms with E-state index in [1.54, 1.807) is 26.0 Å². The Balaban J connectivity index is 2.23. The standard InChI is InChI=1S/C21H21O2PS/c1-22-18-14-20(21(25-3)15-19(18)23-2)24(16-10-6-4-7-11-16)17-12-8-5-9-13-17/h4-15H,1-3H3. The molecule has 4 heteroatoms. The molecular weight excluding hydrogens is 347 g/mol. The fourth-order valence-electron chi connectivity index (χ4n) is 2.77. The molecule has 0 fully saturated rings. The first-order valence-corrected chi connectivity index (χ1v) is 10.6. The molecule has 0 aliphatic rings. The van der Waals surface area contributed by atoms with Crippen LogP contribution in [0, 0.1) is 0 Å². The molecule has 2 nitrogen and oxygen atoms in total. The molecule has 0 aliphatic heterocycles. The van der Waals surface area contributed by atoms with Crippen LogP contribution in [0.3, 0.4) is 0 Å². The lowest BCUT2D eigenvalue weighted by Crippen LogP contribution is -2.22. The van der Waals surface area contributed by atoms with Crippen LogP contribution in [-0.2, 0) is 0 Å². The molecule has 0 spiro atoms. The van der Waals surface area contributed by atoms with Crippen molar-refractivity contribution < 1.29 is 9.47 Å². The topological polar surface area (TPSA) is 18.5 Å². The molecule has 0 heterocycles. The van der Waals surface area contributed by atoms with Crippen molar-refractivity contribution in [1.29, 1.82) is 0 Å². The first-order valence-electron chi connectivity index (χ1n) is 7.98. The van der Waals surface area contributed by atoms with Gasteiger partial charge in [-0.3, -0.25) is 0 Å². The highest BCUT2D eigenvalue weighted by molar-refractivity contribution is 7.99. The fourth-order valence-corrected chi connectivity index (χ4v) is 6.14. The van der Waals surface area contributed by atoms with Gasteiger partial charge in [0.05, 0.1) is 14.2 Å². The second-order valence-corrected chi connectivity index (χ2v) is 8.42. The number of rotatable bonds is 6. The Morgan fingerprint density at radius 1 is 0.720 bits per heavy atom. The van der Waals surface area contributed by atoms with Crippen molar-refractivity contribution >= 4 is 35.6 Å². The maximum absolute atomic E-state index is 5.57. The molecule has 0 saturated heterocycles. The normalized spacial score (nSPS) is 10.7. The molecular formula is C21H21O2PS. The minimum atomic E-state index is -0.668. The van der Waals surface area contributed by atoms with Gasteiger partial charge in [0.15, 0.2) is 11.5 Å². The van der Waals surface area contributed by atoms with Crippen LogP contribution in [-0.4, -0.2) is 20.5 Å². The van der Waals surface area contributed by atoms with E-state index in [0.717, 1.165) is 11.5 Å². The van der Waals surface area contributed by atoms with Crippen LogP contribution in [0.1, 0.15) is 0 Å². The Kier molecular flexibility index (Phi) is 6.01. The molecule has 0 unspecified atom stereocenters. The zero-order valence-corrected chi connectivity index (χ0v) is 16.3. The van der Waals surface area contributed by atoms with E-state index in [2.05, 4.69) is 79.1 Å². The monoisotopic (exact) mass is 368 g/mol. The number of ether oxygens (including phenoxy) is 2. The smallest absolute Gasteiger partial charge is 0.161 e. The summed E-state index contributed by atoms with van der Waals surface area (Å²) in [6.45, 7) is 0. The zero-order chi connectivity index (χ0) is 17.6. The first kappa shape index (κ1) is 17.8. The van der Waals surface area contributed by atoms with Gasteiger partial charge in [-0.1, -0.05) is 60.7 Å². The summed E-state index contributed by atoms with van der Waals surface area (Å²) >= 11 is 1.74. The van der Waals surface area contributed by atoms with E-state index in [1.165, 1.54) is 20.8 Å². The number of benzene rings is 3.